The summed E-state index contributed by atoms with van der Waals surface area (Å²) >= 11 is 0. The molecule has 0 aliphatic carbocycles. The first-order valence-electron chi connectivity index (χ1n) is 9.52. The normalized spacial score (nSPS) is 16.8. The molecule has 0 bridgehead atoms. The van der Waals surface area contributed by atoms with E-state index in [0.717, 1.165) is 0 Å². The van der Waals surface area contributed by atoms with Crippen molar-refractivity contribution in [2.24, 2.45) is 0 Å². The van der Waals surface area contributed by atoms with E-state index in [1.807, 2.05) is 13.8 Å². The molecule has 1 amide bonds. The summed E-state index contributed by atoms with van der Waals surface area (Å²) in [5.74, 6) is -1.11. The van der Waals surface area contributed by atoms with Gasteiger partial charge in [-0.05, 0) is 38.5 Å². The molecule has 2 heterocycles. The molecule has 7 nitrogen and oxygen atoms in total. The van der Waals surface area contributed by atoms with Gasteiger partial charge in [0.15, 0.2) is 11.5 Å². The Kier molecular flexibility index (Phi) is 6.39. The fourth-order valence-corrected chi connectivity index (χ4v) is 3.43. The minimum Gasteiger partial charge on any atom is -0.503 e. The van der Waals surface area contributed by atoms with Gasteiger partial charge in [0, 0.05) is 18.7 Å². The Morgan fingerprint density at radius 2 is 2.00 bits per heavy atom. The number of aliphatic hydroxyl groups excluding tert-OH is 1. The van der Waals surface area contributed by atoms with E-state index in [1.165, 1.54) is 24.3 Å². The first kappa shape index (κ1) is 20.7. The molecular weight excluding hydrogens is 374 g/mol. The van der Waals surface area contributed by atoms with E-state index in [-0.39, 0.29) is 17.4 Å². The second-order valence-corrected chi connectivity index (χ2v) is 6.98. The molecule has 0 saturated carbocycles. The van der Waals surface area contributed by atoms with Crippen LogP contribution in [0, 0.1) is 0 Å². The average Bonchev–Trinajstić information content (AvgIpc) is 3.33. The van der Waals surface area contributed by atoms with Crippen molar-refractivity contribution in [1.29, 1.82) is 0 Å². The second kappa shape index (κ2) is 8.96. The molecule has 0 fully saturated rings. The third kappa shape index (κ3) is 4.19. The van der Waals surface area contributed by atoms with Crippen LogP contribution >= 0.6 is 0 Å². The number of methoxy groups -OCH3 is 1. The Bertz CT molecular complexity index is 900. The van der Waals surface area contributed by atoms with E-state index in [2.05, 4.69) is 0 Å². The number of rotatable bonds is 9. The van der Waals surface area contributed by atoms with Crippen molar-refractivity contribution >= 4 is 11.7 Å². The van der Waals surface area contributed by atoms with Gasteiger partial charge in [0.1, 0.15) is 5.75 Å². The summed E-state index contributed by atoms with van der Waals surface area (Å²) in [5.41, 5.74) is 0.603. The third-order valence-corrected chi connectivity index (χ3v) is 4.72. The highest BCUT2D eigenvalue weighted by Gasteiger charge is 2.45. The van der Waals surface area contributed by atoms with Crippen LogP contribution in [-0.4, -0.2) is 48.1 Å². The zero-order valence-electron chi connectivity index (χ0n) is 16.8. The van der Waals surface area contributed by atoms with Crippen molar-refractivity contribution in [2.45, 2.75) is 32.4 Å². The monoisotopic (exact) mass is 399 g/mol. The van der Waals surface area contributed by atoms with Crippen LogP contribution in [0.5, 0.6) is 5.75 Å². The number of aliphatic hydroxyl groups is 1. The van der Waals surface area contributed by atoms with Gasteiger partial charge < -0.3 is 23.9 Å². The average molecular weight is 399 g/mol. The summed E-state index contributed by atoms with van der Waals surface area (Å²) in [5, 5.41) is 10.6. The fourth-order valence-electron chi connectivity index (χ4n) is 3.43. The highest BCUT2D eigenvalue weighted by molar-refractivity contribution is 6.15. The quantitative estimate of drug-likeness (QED) is 0.511. The Balaban J connectivity index is 1.99. The lowest BCUT2D eigenvalue weighted by Gasteiger charge is -2.28. The SMILES string of the molecule is COc1ccccc1C1C(C(=O)c2ccco2)=C(O)C(=O)N1CCCOC(C)C. The smallest absolute Gasteiger partial charge is 0.290 e. The second-order valence-electron chi connectivity index (χ2n) is 6.98. The van der Waals surface area contributed by atoms with Gasteiger partial charge in [-0.3, -0.25) is 9.59 Å². The number of Topliss-reactive ketones (excluding diaryl/α,β-unsaturated/α-hetero) is 1. The molecule has 3 rings (SSSR count). The van der Waals surface area contributed by atoms with Gasteiger partial charge in [-0.2, -0.15) is 0 Å². The molecule has 0 spiro atoms. The van der Waals surface area contributed by atoms with Crippen molar-refractivity contribution in [1.82, 2.24) is 4.90 Å². The lowest BCUT2D eigenvalue weighted by molar-refractivity contribution is -0.129. The number of carbonyl (C=O) groups excluding carboxylic acids is 2. The molecule has 1 aromatic carbocycles. The van der Waals surface area contributed by atoms with Crippen molar-refractivity contribution < 1.29 is 28.6 Å². The maximum atomic E-state index is 13.1. The first-order chi connectivity index (χ1) is 14.0. The van der Waals surface area contributed by atoms with Gasteiger partial charge >= 0.3 is 0 Å². The summed E-state index contributed by atoms with van der Waals surface area (Å²) in [7, 11) is 1.52. The molecule has 154 valence electrons. The predicted octanol–water partition coefficient (Wildman–Crippen LogP) is 3.68. The van der Waals surface area contributed by atoms with Crippen LogP contribution in [0.4, 0.5) is 0 Å². The highest BCUT2D eigenvalue weighted by Crippen LogP contribution is 2.42. The van der Waals surface area contributed by atoms with E-state index in [0.29, 0.717) is 30.9 Å². The molecule has 1 aromatic heterocycles. The van der Waals surface area contributed by atoms with Crippen LogP contribution in [0.1, 0.15) is 42.4 Å². The number of ketones is 1. The van der Waals surface area contributed by atoms with Gasteiger partial charge in [0.2, 0.25) is 5.78 Å². The number of carbonyl (C=O) groups is 2. The van der Waals surface area contributed by atoms with Gasteiger partial charge in [-0.15, -0.1) is 0 Å². The predicted molar refractivity (Wildman–Crippen MR) is 106 cm³/mol. The van der Waals surface area contributed by atoms with Crippen LogP contribution in [0.2, 0.25) is 0 Å². The minimum absolute atomic E-state index is 0.0146. The molecule has 1 aliphatic heterocycles. The standard InChI is InChI=1S/C22H25NO6/c1-14(2)28-13-7-11-23-19(15-8-4-5-9-16(15)27-3)18(21(25)22(23)26)20(24)17-10-6-12-29-17/h4-6,8-10,12,14,19,25H,7,11,13H2,1-3H3. The number of furan rings is 1. The van der Waals surface area contributed by atoms with E-state index < -0.39 is 23.5 Å². The van der Waals surface area contributed by atoms with Crippen LogP contribution < -0.4 is 4.74 Å². The van der Waals surface area contributed by atoms with Gasteiger partial charge in [0.25, 0.3) is 5.91 Å². The molecule has 1 N–H and O–H groups in total. The van der Waals surface area contributed by atoms with Crippen molar-refractivity contribution in [2.75, 3.05) is 20.3 Å². The molecule has 7 heteroatoms. The summed E-state index contributed by atoms with van der Waals surface area (Å²) in [6.07, 6.45) is 2.02. The minimum atomic E-state index is -0.782. The lowest BCUT2D eigenvalue weighted by Crippen LogP contribution is -2.33. The zero-order valence-corrected chi connectivity index (χ0v) is 16.8. The number of para-hydroxylation sites is 1. The largest absolute Gasteiger partial charge is 0.503 e. The van der Waals surface area contributed by atoms with Crippen LogP contribution in [0.3, 0.4) is 0 Å². The van der Waals surface area contributed by atoms with Crippen molar-refractivity contribution in [3.63, 3.8) is 0 Å². The molecule has 1 unspecified atom stereocenters. The van der Waals surface area contributed by atoms with Crippen LogP contribution in [0.15, 0.2) is 58.4 Å². The molecule has 2 aromatic rings. The Labute approximate surface area is 169 Å². The van der Waals surface area contributed by atoms with Crippen LogP contribution in [0.25, 0.3) is 0 Å². The summed E-state index contributed by atoms with van der Waals surface area (Å²) < 4.78 is 16.2. The number of hydrogen-bond donors (Lipinski definition) is 1. The molecule has 29 heavy (non-hydrogen) atoms. The fraction of sp³-hybridized carbons (Fsp3) is 0.364. The van der Waals surface area contributed by atoms with Gasteiger partial charge in [-0.1, -0.05) is 18.2 Å². The Morgan fingerprint density at radius 3 is 2.66 bits per heavy atom. The Hall–Kier alpha value is -3.06. The highest BCUT2D eigenvalue weighted by atomic mass is 16.5. The van der Waals surface area contributed by atoms with E-state index in [1.54, 1.807) is 30.3 Å². The van der Waals surface area contributed by atoms with Crippen molar-refractivity contribution in [3.8, 4) is 5.75 Å². The molecule has 0 radical (unpaired) electrons. The number of amides is 1. The van der Waals surface area contributed by atoms with E-state index in [9.17, 15) is 14.7 Å². The van der Waals surface area contributed by atoms with Crippen molar-refractivity contribution in [3.05, 3.63) is 65.3 Å². The number of benzene rings is 1. The van der Waals surface area contributed by atoms with Gasteiger partial charge in [0.05, 0.1) is 31.1 Å². The lowest BCUT2D eigenvalue weighted by atomic mass is 9.94. The number of ether oxygens (including phenoxy) is 2. The maximum absolute atomic E-state index is 13.1. The molecule has 1 atom stereocenters. The van der Waals surface area contributed by atoms with Crippen LogP contribution in [-0.2, 0) is 9.53 Å². The third-order valence-electron chi connectivity index (χ3n) is 4.72. The van der Waals surface area contributed by atoms with E-state index >= 15 is 0 Å². The molecule has 0 saturated heterocycles. The summed E-state index contributed by atoms with van der Waals surface area (Å²) in [6.45, 7) is 4.65. The zero-order chi connectivity index (χ0) is 21.0. The van der Waals surface area contributed by atoms with Gasteiger partial charge in [-0.25, -0.2) is 0 Å². The number of nitrogens with zero attached hydrogens (tertiary/aromatic N) is 1. The number of hydrogen-bond acceptors (Lipinski definition) is 6. The summed E-state index contributed by atoms with van der Waals surface area (Å²) in [6, 6.07) is 9.44. The van der Waals surface area contributed by atoms with E-state index in [4.69, 9.17) is 13.9 Å². The Morgan fingerprint density at radius 1 is 1.24 bits per heavy atom. The topological polar surface area (TPSA) is 89.2 Å². The molecular formula is C22H25NO6. The molecule has 1 aliphatic rings. The first-order valence-corrected chi connectivity index (χ1v) is 9.52. The maximum Gasteiger partial charge on any atom is 0.290 e. The summed E-state index contributed by atoms with van der Waals surface area (Å²) in [4.78, 5) is 27.4.